The summed E-state index contributed by atoms with van der Waals surface area (Å²) in [4.78, 5) is 7.73. The first kappa shape index (κ1) is 18.0. The summed E-state index contributed by atoms with van der Waals surface area (Å²) in [5.74, 6) is -1.22. The van der Waals surface area contributed by atoms with Crippen LogP contribution in [0.25, 0.3) is 16.9 Å². The number of hydrogen-bond donors (Lipinski definition) is 0. The normalized spacial score (nSPS) is 11.9. The Morgan fingerprint density at radius 3 is 2.65 bits per heavy atom. The number of pyridine rings is 1. The van der Waals surface area contributed by atoms with Crippen molar-refractivity contribution < 1.29 is 27.0 Å². The summed E-state index contributed by atoms with van der Waals surface area (Å²) in [7, 11) is 0. The van der Waals surface area contributed by atoms with Crippen LogP contribution in [-0.2, 0) is 11.3 Å². The Bertz CT molecular complexity index is 913. The van der Waals surface area contributed by atoms with Gasteiger partial charge in [0.2, 0.25) is 0 Å². The van der Waals surface area contributed by atoms with Crippen molar-refractivity contribution in [3.05, 3.63) is 36.3 Å². The minimum absolute atomic E-state index is 0.234. The molecule has 138 valence electrons. The molecule has 0 aromatic carbocycles. The number of halogens is 4. The second-order valence-corrected chi connectivity index (χ2v) is 5.17. The molecular formula is C15H13F4N5O2. The van der Waals surface area contributed by atoms with Gasteiger partial charge in [0.05, 0.1) is 11.9 Å². The van der Waals surface area contributed by atoms with Crippen LogP contribution in [-0.4, -0.2) is 44.0 Å². The van der Waals surface area contributed by atoms with Crippen LogP contribution in [0.2, 0.25) is 0 Å². The van der Waals surface area contributed by atoms with E-state index in [1.165, 1.54) is 12.4 Å². The predicted molar refractivity (Wildman–Crippen MR) is 80.9 cm³/mol. The summed E-state index contributed by atoms with van der Waals surface area (Å²) in [6, 6.07) is 0.999. The molecule has 0 unspecified atom stereocenters. The van der Waals surface area contributed by atoms with Crippen LogP contribution in [0.15, 0.2) is 24.7 Å². The molecule has 0 aliphatic rings. The fourth-order valence-electron chi connectivity index (χ4n) is 2.11. The third kappa shape index (κ3) is 4.04. The molecule has 0 saturated carbocycles. The van der Waals surface area contributed by atoms with Crippen LogP contribution in [0.1, 0.15) is 12.7 Å². The summed E-state index contributed by atoms with van der Waals surface area (Å²) >= 11 is 0. The van der Waals surface area contributed by atoms with E-state index in [0.717, 1.165) is 6.07 Å². The summed E-state index contributed by atoms with van der Waals surface area (Å²) in [5, 5.41) is 7.92. The zero-order valence-electron chi connectivity index (χ0n) is 13.5. The number of rotatable bonds is 6. The Hall–Kier alpha value is -2.82. The van der Waals surface area contributed by atoms with E-state index >= 15 is 0 Å². The highest BCUT2D eigenvalue weighted by molar-refractivity contribution is 5.59. The van der Waals surface area contributed by atoms with Crippen molar-refractivity contribution in [3.63, 3.8) is 0 Å². The lowest BCUT2D eigenvalue weighted by atomic mass is 10.2. The van der Waals surface area contributed by atoms with E-state index in [1.807, 2.05) is 6.92 Å². The Balaban J connectivity index is 1.87. The summed E-state index contributed by atoms with van der Waals surface area (Å²) in [5.41, 5.74) is 1.07. The SMILES string of the molecule is CCOCc1nnc2cnc(-c3cnc(OCC(F)(F)F)c(F)c3)cn12. The number of fused-ring (bicyclic) bond motifs is 1. The molecular weight excluding hydrogens is 358 g/mol. The molecule has 0 aliphatic carbocycles. The molecule has 0 amide bonds. The Labute approximate surface area is 144 Å². The molecule has 3 aromatic rings. The number of nitrogens with zero attached hydrogens (tertiary/aromatic N) is 5. The van der Waals surface area contributed by atoms with Crippen LogP contribution in [0, 0.1) is 5.82 Å². The van der Waals surface area contributed by atoms with Crippen LogP contribution in [0.5, 0.6) is 5.88 Å². The maximum atomic E-state index is 14.0. The first-order chi connectivity index (χ1) is 12.4. The monoisotopic (exact) mass is 371 g/mol. The van der Waals surface area contributed by atoms with Gasteiger partial charge in [-0.15, -0.1) is 10.2 Å². The van der Waals surface area contributed by atoms with E-state index in [-0.39, 0.29) is 12.2 Å². The van der Waals surface area contributed by atoms with Gasteiger partial charge >= 0.3 is 6.18 Å². The van der Waals surface area contributed by atoms with Gasteiger partial charge in [-0.25, -0.2) is 9.37 Å². The van der Waals surface area contributed by atoms with Crippen LogP contribution >= 0.6 is 0 Å². The first-order valence-corrected chi connectivity index (χ1v) is 7.50. The van der Waals surface area contributed by atoms with Gasteiger partial charge in [-0.05, 0) is 13.0 Å². The lowest BCUT2D eigenvalue weighted by molar-refractivity contribution is -0.154. The molecule has 3 heterocycles. The fourth-order valence-corrected chi connectivity index (χ4v) is 2.11. The van der Waals surface area contributed by atoms with Gasteiger partial charge in [0, 0.05) is 24.6 Å². The highest BCUT2D eigenvalue weighted by atomic mass is 19.4. The minimum Gasteiger partial charge on any atom is -0.466 e. The van der Waals surface area contributed by atoms with E-state index in [4.69, 9.17) is 4.74 Å². The van der Waals surface area contributed by atoms with Crippen molar-refractivity contribution >= 4 is 5.65 Å². The van der Waals surface area contributed by atoms with Crippen molar-refractivity contribution in [2.75, 3.05) is 13.2 Å². The molecule has 0 spiro atoms. The number of hydrogen-bond acceptors (Lipinski definition) is 6. The van der Waals surface area contributed by atoms with Crippen molar-refractivity contribution in [2.45, 2.75) is 19.7 Å². The topological polar surface area (TPSA) is 74.4 Å². The van der Waals surface area contributed by atoms with Crippen LogP contribution in [0.3, 0.4) is 0 Å². The highest BCUT2D eigenvalue weighted by Gasteiger charge is 2.29. The van der Waals surface area contributed by atoms with Crippen molar-refractivity contribution in [3.8, 4) is 17.1 Å². The molecule has 3 rings (SSSR count). The zero-order chi connectivity index (χ0) is 18.7. The Morgan fingerprint density at radius 2 is 1.96 bits per heavy atom. The number of alkyl halides is 3. The van der Waals surface area contributed by atoms with Crippen molar-refractivity contribution in [1.82, 2.24) is 24.6 Å². The fraction of sp³-hybridized carbons (Fsp3) is 0.333. The zero-order valence-corrected chi connectivity index (χ0v) is 13.5. The molecule has 11 heteroatoms. The van der Waals surface area contributed by atoms with E-state index in [0.29, 0.717) is 23.8 Å². The lowest BCUT2D eigenvalue weighted by Crippen LogP contribution is -2.20. The van der Waals surface area contributed by atoms with Gasteiger partial charge in [0.15, 0.2) is 23.9 Å². The quantitative estimate of drug-likeness (QED) is 0.621. The molecule has 0 fully saturated rings. The highest BCUT2D eigenvalue weighted by Crippen LogP contribution is 2.24. The van der Waals surface area contributed by atoms with E-state index in [1.54, 1.807) is 10.6 Å². The second kappa shape index (κ2) is 7.20. The van der Waals surface area contributed by atoms with Gasteiger partial charge in [0.25, 0.3) is 5.88 Å². The molecule has 0 radical (unpaired) electrons. The molecule has 3 aromatic heterocycles. The van der Waals surface area contributed by atoms with Gasteiger partial charge in [0.1, 0.15) is 6.61 Å². The first-order valence-electron chi connectivity index (χ1n) is 7.50. The van der Waals surface area contributed by atoms with Crippen molar-refractivity contribution in [1.29, 1.82) is 0 Å². The Kier molecular flexibility index (Phi) is 4.98. The molecule has 7 nitrogen and oxygen atoms in total. The molecule has 0 aliphatic heterocycles. The molecule has 0 saturated heterocycles. The van der Waals surface area contributed by atoms with E-state index in [2.05, 4.69) is 24.9 Å². The average molecular weight is 371 g/mol. The summed E-state index contributed by atoms with van der Waals surface area (Å²) in [6.07, 6.45) is -0.402. The van der Waals surface area contributed by atoms with Gasteiger partial charge in [-0.2, -0.15) is 13.2 Å². The largest absolute Gasteiger partial charge is 0.466 e. The smallest absolute Gasteiger partial charge is 0.422 e. The third-order valence-corrected chi connectivity index (χ3v) is 3.27. The second-order valence-electron chi connectivity index (χ2n) is 5.17. The summed E-state index contributed by atoms with van der Waals surface area (Å²) < 4.78 is 61.7. The Morgan fingerprint density at radius 1 is 1.15 bits per heavy atom. The number of ether oxygens (including phenoxy) is 2. The predicted octanol–water partition coefficient (Wildman–Crippen LogP) is 2.80. The van der Waals surface area contributed by atoms with E-state index < -0.39 is 24.5 Å². The average Bonchev–Trinajstić information content (AvgIpc) is 3.00. The van der Waals surface area contributed by atoms with Gasteiger partial charge in [-0.1, -0.05) is 0 Å². The number of aromatic nitrogens is 5. The lowest BCUT2D eigenvalue weighted by Gasteiger charge is -2.09. The van der Waals surface area contributed by atoms with Gasteiger partial charge < -0.3 is 9.47 Å². The van der Waals surface area contributed by atoms with Crippen LogP contribution in [0.4, 0.5) is 17.6 Å². The van der Waals surface area contributed by atoms with Crippen molar-refractivity contribution in [2.24, 2.45) is 0 Å². The molecule has 0 atom stereocenters. The minimum atomic E-state index is -4.58. The van der Waals surface area contributed by atoms with Gasteiger partial charge in [-0.3, -0.25) is 9.38 Å². The standard InChI is InChI=1S/C15H13F4N5O2/c1-2-25-7-13-23-22-12-5-20-11(6-24(12)13)9-3-10(16)14(21-4-9)26-8-15(17,18)19/h3-6H,2,7-8H2,1H3. The maximum absolute atomic E-state index is 14.0. The molecule has 26 heavy (non-hydrogen) atoms. The maximum Gasteiger partial charge on any atom is 0.422 e. The molecule has 0 N–H and O–H groups in total. The third-order valence-electron chi connectivity index (χ3n) is 3.27. The van der Waals surface area contributed by atoms with E-state index in [9.17, 15) is 17.6 Å². The van der Waals surface area contributed by atoms with Crippen LogP contribution < -0.4 is 4.74 Å². The summed E-state index contributed by atoms with van der Waals surface area (Å²) in [6.45, 7) is 0.953. The molecule has 0 bridgehead atoms.